The molecule has 0 radical (unpaired) electrons. The van der Waals surface area contributed by atoms with E-state index in [1.54, 1.807) is 25.1 Å². The van der Waals surface area contributed by atoms with Gasteiger partial charge in [-0.3, -0.25) is 0 Å². The van der Waals surface area contributed by atoms with Crippen LogP contribution in [0.3, 0.4) is 0 Å². The Labute approximate surface area is 174 Å². The van der Waals surface area contributed by atoms with Gasteiger partial charge in [0.25, 0.3) is 0 Å². The maximum absolute atomic E-state index is 5.50. The van der Waals surface area contributed by atoms with E-state index in [1.807, 2.05) is 41.4 Å². The monoisotopic (exact) mass is 405 g/mol. The van der Waals surface area contributed by atoms with E-state index in [1.165, 1.54) is 11.1 Å². The van der Waals surface area contributed by atoms with Crippen molar-refractivity contribution >= 4 is 11.8 Å². The molecule has 0 saturated carbocycles. The Morgan fingerprint density at radius 2 is 1.97 bits per heavy atom. The lowest BCUT2D eigenvalue weighted by molar-refractivity contribution is 0.416. The molecule has 0 N–H and O–H groups in total. The van der Waals surface area contributed by atoms with Gasteiger partial charge >= 0.3 is 0 Å². The number of para-hydroxylation sites is 1. The summed E-state index contributed by atoms with van der Waals surface area (Å²) in [5.74, 6) is 2.47. The van der Waals surface area contributed by atoms with Gasteiger partial charge < -0.3 is 13.9 Å². The van der Waals surface area contributed by atoms with Crippen LogP contribution >= 0.6 is 11.8 Å². The van der Waals surface area contributed by atoms with E-state index < -0.39 is 0 Å². The molecule has 4 aromatic rings. The molecule has 7 heteroatoms. The molecule has 148 valence electrons. The van der Waals surface area contributed by atoms with E-state index in [-0.39, 0.29) is 0 Å². The largest absolute Gasteiger partial charge is 0.496 e. The number of thioether (sulfide) groups is 1. The lowest BCUT2D eigenvalue weighted by Gasteiger charge is -2.11. The molecule has 0 bridgehead atoms. The maximum atomic E-state index is 5.50. The summed E-state index contributed by atoms with van der Waals surface area (Å²) in [5.41, 5.74) is 4.60. The molecule has 4 rings (SSSR count). The first-order valence-electron chi connectivity index (χ1n) is 9.48. The minimum atomic E-state index is 0.793. The molecule has 0 aliphatic rings. The average Bonchev–Trinajstić information content (AvgIpc) is 3.42. The van der Waals surface area contributed by atoms with Crippen molar-refractivity contribution in [2.24, 2.45) is 0 Å². The predicted octanol–water partition coefficient (Wildman–Crippen LogP) is 4.76. The maximum Gasteiger partial charge on any atom is 0.191 e. The van der Waals surface area contributed by atoms with Gasteiger partial charge in [-0.05, 0) is 49.2 Å². The van der Waals surface area contributed by atoms with Gasteiger partial charge in [-0.25, -0.2) is 4.98 Å². The number of aryl methyl sites for hydroxylation is 1. The third-order valence-corrected chi connectivity index (χ3v) is 5.88. The van der Waals surface area contributed by atoms with E-state index in [2.05, 4.69) is 51.8 Å². The second-order valence-electron chi connectivity index (χ2n) is 6.62. The smallest absolute Gasteiger partial charge is 0.191 e. The highest BCUT2D eigenvalue weighted by Crippen LogP contribution is 2.32. The fourth-order valence-electron chi connectivity index (χ4n) is 3.27. The summed E-state index contributed by atoms with van der Waals surface area (Å²) in [6.45, 7) is 5.04. The summed E-state index contributed by atoms with van der Waals surface area (Å²) < 4.78 is 9.65. The van der Waals surface area contributed by atoms with Gasteiger partial charge in [0.1, 0.15) is 5.75 Å². The SMILES string of the molecule is CCn1c(SCc2ccc(-n3ccnc3)cc2C)nnc1-c1ccccc1OC. The minimum Gasteiger partial charge on any atom is -0.496 e. The molecule has 6 nitrogen and oxygen atoms in total. The van der Waals surface area contributed by atoms with Crippen LogP contribution in [0.2, 0.25) is 0 Å². The van der Waals surface area contributed by atoms with Crippen molar-refractivity contribution in [3.8, 4) is 22.8 Å². The van der Waals surface area contributed by atoms with E-state index in [0.29, 0.717) is 0 Å². The van der Waals surface area contributed by atoms with Gasteiger partial charge in [0.15, 0.2) is 11.0 Å². The summed E-state index contributed by atoms with van der Waals surface area (Å²) in [6, 6.07) is 14.4. The second kappa shape index (κ2) is 8.53. The number of imidazole rings is 1. The molecule has 0 saturated heterocycles. The number of nitrogens with zero attached hydrogens (tertiary/aromatic N) is 5. The van der Waals surface area contributed by atoms with E-state index >= 15 is 0 Å². The van der Waals surface area contributed by atoms with Crippen LogP contribution in [0.5, 0.6) is 5.75 Å². The molecular formula is C22H23N5OS. The molecule has 0 fully saturated rings. The van der Waals surface area contributed by atoms with Gasteiger partial charge in [-0.1, -0.05) is 30.0 Å². The van der Waals surface area contributed by atoms with Crippen LogP contribution in [0.1, 0.15) is 18.1 Å². The minimum absolute atomic E-state index is 0.793. The number of methoxy groups -OCH3 is 1. The second-order valence-corrected chi connectivity index (χ2v) is 7.56. The number of ether oxygens (including phenoxy) is 1. The Kier molecular flexibility index (Phi) is 5.67. The van der Waals surface area contributed by atoms with Crippen molar-refractivity contribution in [1.29, 1.82) is 0 Å². The van der Waals surface area contributed by atoms with Gasteiger partial charge in [0, 0.05) is 30.4 Å². The van der Waals surface area contributed by atoms with Crippen LogP contribution in [-0.4, -0.2) is 31.4 Å². The van der Waals surface area contributed by atoms with Crippen LogP contribution in [-0.2, 0) is 12.3 Å². The van der Waals surface area contributed by atoms with Crippen molar-refractivity contribution < 1.29 is 4.74 Å². The molecule has 0 amide bonds. The molecular weight excluding hydrogens is 382 g/mol. The molecule has 2 aromatic heterocycles. The Morgan fingerprint density at radius 3 is 2.69 bits per heavy atom. The third kappa shape index (κ3) is 3.91. The highest BCUT2D eigenvalue weighted by Gasteiger charge is 2.16. The molecule has 0 aliphatic carbocycles. The van der Waals surface area contributed by atoms with E-state index in [9.17, 15) is 0 Å². The van der Waals surface area contributed by atoms with Gasteiger partial charge in [-0.2, -0.15) is 0 Å². The Balaban J connectivity index is 1.56. The van der Waals surface area contributed by atoms with Crippen molar-refractivity contribution in [2.75, 3.05) is 7.11 Å². The lowest BCUT2D eigenvalue weighted by Crippen LogP contribution is -2.01. The number of benzene rings is 2. The first kappa shape index (κ1) is 19.3. The molecule has 0 spiro atoms. The zero-order chi connectivity index (χ0) is 20.2. The normalized spacial score (nSPS) is 11.0. The summed E-state index contributed by atoms with van der Waals surface area (Å²) in [5, 5.41) is 9.81. The Morgan fingerprint density at radius 1 is 1.10 bits per heavy atom. The van der Waals surface area contributed by atoms with E-state index in [4.69, 9.17) is 4.74 Å². The number of hydrogen-bond donors (Lipinski definition) is 0. The molecule has 2 aromatic carbocycles. The van der Waals surface area contributed by atoms with Crippen LogP contribution in [0.25, 0.3) is 17.1 Å². The number of rotatable bonds is 7. The summed E-state index contributed by atoms with van der Waals surface area (Å²) in [7, 11) is 1.68. The fourth-order valence-corrected chi connectivity index (χ4v) is 4.34. The molecule has 29 heavy (non-hydrogen) atoms. The molecule has 0 atom stereocenters. The topological polar surface area (TPSA) is 57.8 Å². The van der Waals surface area contributed by atoms with E-state index in [0.717, 1.165) is 40.3 Å². The number of hydrogen-bond acceptors (Lipinski definition) is 5. The first-order chi connectivity index (χ1) is 14.2. The van der Waals surface area contributed by atoms with Crippen molar-refractivity contribution in [1.82, 2.24) is 24.3 Å². The molecule has 0 aliphatic heterocycles. The van der Waals surface area contributed by atoms with Gasteiger partial charge in [0.05, 0.1) is 19.0 Å². The Bertz CT molecular complexity index is 1100. The third-order valence-electron chi connectivity index (χ3n) is 4.87. The molecule has 2 heterocycles. The van der Waals surface area contributed by atoms with Crippen LogP contribution in [0, 0.1) is 6.92 Å². The quantitative estimate of drug-likeness (QED) is 0.415. The predicted molar refractivity (Wildman–Crippen MR) is 116 cm³/mol. The standard InChI is InChI=1S/C22H23N5OS/c1-4-27-21(19-7-5-6-8-20(19)28-3)24-25-22(27)29-14-17-9-10-18(13-16(17)2)26-12-11-23-15-26/h5-13,15H,4,14H2,1-3H3. The summed E-state index contributed by atoms with van der Waals surface area (Å²) >= 11 is 1.70. The van der Waals surface area contributed by atoms with Crippen LogP contribution < -0.4 is 4.74 Å². The highest BCUT2D eigenvalue weighted by atomic mass is 32.2. The highest BCUT2D eigenvalue weighted by molar-refractivity contribution is 7.98. The number of aromatic nitrogens is 5. The lowest BCUT2D eigenvalue weighted by atomic mass is 10.1. The average molecular weight is 406 g/mol. The summed E-state index contributed by atoms with van der Waals surface area (Å²) in [6.07, 6.45) is 5.55. The van der Waals surface area contributed by atoms with Crippen molar-refractivity contribution in [2.45, 2.75) is 31.3 Å². The Hall–Kier alpha value is -3.06. The molecule has 0 unspecified atom stereocenters. The summed E-state index contributed by atoms with van der Waals surface area (Å²) in [4.78, 5) is 4.12. The zero-order valence-corrected chi connectivity index (χ0v) is 17.6. The fraction of sp³-hybridized carbons (Fsp3) is 0.227. The zero-order valence-electron chi connectivity index (χ0n) is 16.7. The van der Waals surface area contributed by atoms with Crippen molar-refractivity contribution in [3.63, 3.8) is 0 Å². The van der Waals surface area contributed by atoms with Gasteiger partial charge in [-0.15, -0.1) is 10.2 Å². The van der Waals surface area contributed by atoms with Crippen LogP contribution in [0.15, 0.2) is 66.3 Å². The van der Waals surface area contributed by atoms with Gasteiger partial charge in [0.2, 0.25) is 0 Å². The van der Waals surface area contributed by atoms with Crippen LogP contribution in [0.4, 0.5) is 0 Å². The van der Waals surface area contributed by atoms with Crippen molar-refractivity contribution in [3.05, 3.63) is 72.3 Å². The first-order valence-corrected chi connectivity index (χ1v) is 10.5.